The number of hydrogen-bond donors (Lipinski definition) is 3. The van der Waals surface area contributed by atoms with Crippen LogP contribution in [-0.4, -0.2) is 46.8 Å². The number of aliphatic hydroxyl groups excluding tert-OH is 3. The van der Waals surface area contributed by atoms with Gasteiger partial charge in [-0.15, -0.1) is 0 Å². The summed E-state index contributed by atoms with van der Waals surface area (Å²) in [5.74, 6) is 0.0428. The lowest BCUT2D eigenvalue weighted by atomic mass is 10.0. The van der Waals surface area contributed by atoms with E-state index >= 15 is 0 Å². The molecule has 3 N–H and O–H groups in total. The number of hydrogen-bond acceptors (Lipinski definition) is 4. The Labute approximate surface area is 65.4 Å². The van der Waals surface area contributed by atoms with Crippen molar-refractivity contribution in [3.63, 3.8) is 0 Å². The number of aliphatic hydroxyl groups is 3. The van der Waals surface area contributed by atoms with E-state index in [1.165, 1.54) is 0 Å². The molecule has 0 aromatic carbocycles. The van der Waals surface area contributed by atoms with E-state index in [0.717, 1.165) is 0 Å². The fourth-order valence-electron chi connectivity index (χ4n) is 1.23. The van der Waals surface area contributed by atoms with E-state index in [0.29, 0.717) is 6.61 Å². The number of ether oxygens (including phenoxy) is 1. The fraction of sp³-hybridized carbons (Fsp3) is 1.00. The van der Waals surface area contributed by atoms with E-state index in [1.54, 1.807) is 0 Å². The molecular formula is C7H14O4. The topological polar surface area (TPSA) is 69.9 Å². The Morgan fingerprint density at radius 3 is 2.64 bits per heavy atom. The molecule has 1 aliphatic heterocycles. The van der Waals surface area contributed by atoms with Crippen LogP contribution in [0.1, 0.15) is 6.92 Å². The van der Waals surface area contributed by atoms with E-state index in [2.05, 4.69) is 0 Å². The molecule has 1 heterocycles. The average molecular weight is 162 g/mol. The van der Waals surface area contributed by atoms with E-state index < -0.39 is 18.3 Å². The van der Waals surface area contributed by atoms with Crippen molar-refractivity contribution in [2.45, 2.75) is 25.2 Å². The summed E-state index contributed by atoms with van der Waals surface area (Å²) in [6, 6.07) is 0. The van der Waals surface area contributed by atoms with E-state index in [1.807, 2.05) is 6.92 Å². The highest BCUT2D eigenvalue weighted by molar-refractivity contribution is 4.85. The first-order chi connectivity index (χ1) is 5.16. The standard InChI is InChI=1S/C7H14O4/c1-4-3-11-7(6(4)10)5(9)2-8/h4-10H,2-3H2,1H3. The third-order valence-corrected chi connectivity index (χ3v) is 2.04. The van der Waals surface area contributed by atoms with Crippen LogP contribution < -0.4 is 0 Å². The zero-order valence-corrected chi connectivity index (χ0v) is 6.47. The quantitative estimate of drug-likeness (QED) is 0.474. The van der Waals surface area contributed by atoms with Gasteiger partial charge in [0, 0.05) is 5.92 Å². The van der Waals surface area contributed by atoms with Crippen LogP contribution in [0.25, 0.3) is 0 Å². The van der Waals surface area contributed by atoms with Crippen LogP contribution >= 0.6 is 0 Å². The van der Waals surface area contributed by atoms with Crippen LogP contribution in [0.3, 0.4) is 0 Å². The van der Waals surface area contributed by atoms with Crippen LogP contribution in [0, 0.1) is 5.92 Å². The summed E-state index contributed by atoms with van der Waals surface area (Å²) in [5.41, 5.74) is 0. The van der Waals surface area contributed by atoms with Gasteiger partial charge in [0.15, 0.2) is 0 Å². The molecule has 11 heavy (non-hydrogen) atoms. The zero-order valence-electron chi connectivity index (χ0n) is 6.47. The van der Waals surface area contributed by atoms with Gasteiger partial charge in [-0.05, 0) is 0 Å². The normalized spacial score (nSPS) is 40.9. The second kappa shape index (κ2) is 3.49. The molecular weight excluding hydrogens is 148 g/mol. The lowest BCUT2D eigenvalue weighted by molar-refractivity contribution is -0.0656. The second-order valence-electron chi connectivity index (χ2n) is 3.02. The van der Waals surface area contributed by atoms with Gasteiger partial charge in [0.2, 0.25) is 0 Å². The molecule has 0 aromatic heterocycles. The van der Waals surface area contributed by atoms with E-state index in [-0.39, 0.29) is 12.5 Å². The van der Waals surface area contributed by atoms with Gasteiger partial charge >= 0.3 is 0 Å². The minimum absolute atomic E-state index is 0.0428. The Kier molecular flexibility index (Phi) is 2.84. The maximum atomic E-state index is 9.36. The van der Waals surface area contributed by atoms with Gasteiger partial charge in [-0.3, -0.25) is 0 Å². The van der Waals surface area contributed by atoms with Crippen LogP contribution in [0.15, 0.2) is 0 Å². The number of rotatable bonds is 2. The molecule has 4 heteroatoms. The van der Waals surface area contributed by atoms with Gasteiger partial charge in [0.05, 0.1) is 19.3 Å². The summed E-state index contributed by atoms with van der Waals surface area (Å²) in [6.07, 6.45) is -2.23. The SMILES string of the molecule is CC1COC(C(O)CO)C1O. The third kappa shape index (κ3) is 1.70. The maximum absolute atomic E-state index is 9.36. The molecule has 1 rings (SSSR count). The fourth-order valence-corrected chi connectivity index (χ4v) is 1.23. The van der Waals surface area contributed by atoms with Crippen molar-refractivity contribution in [2.24, 2.45) is 5.92 Å². The summed E-state index contributed by atoms with van der Waals surface area (Å²) in [4.78, 5) is 0. The average Bonchev–Trinajstić information content (AvgIpc) is 2.32. The molecule has 0 amide bonds. The zero-order chi connectivity index (χ0) is 8.43. The van der Waals surface area contributed by atoms with Crippen molar-refractivity contribution >= 4 is 0 Å². The summed E-state index contributed by atoms with van der Waals surface area (Å²) in [5, 5.41) is 27.0. The van der Waals surface area contributed by atoms with Gasteiger partial charge in [0.1, 0.15) is 12.2 Å². The maximum Gasteiger partial charge on any atom is 0.112 e. The Bertz CT molecular complexity index is 128. The summed E-state index contributed by atoms with van der Waals surface area (Å²) < 4.78 is 5.07. The highest BCUT2D eigenvalue weighted by Gasteiger charge is 2.37. The molecule has 4 nitrogen and oxygen atoms in total. The lowest BCUT2D eigenvalue weighted by Gasteiger charge is -2.19. The first-order valence-electron chi connectivity index (χ1n) is 3.75. The molecule has 66 valence electrons. The monoisotopic (exact) mass is 162 g/mol. The smallest absolute Gasteiger partial charge is 0.112 e. The molecule has 0 aromatic rings. The van der Waals surface area contributed by atoms with Crippen molar-refractivity contribution < 1.29 is 20.1 Å². The van der Waals surface area contributed by atoms with E-state index in [9.17, 15) is 5.11 Å². The van der Waals surface area contributed by atoms with Gasteiger partial charge in [-0.2, -0.15) is 0 Å². The lowest BCUT2D eigenvalue weighted by Crippen LogP contribution is -2.38. The molecule has 1 saturated heterocycles. The molecule has 0 aliphatic carbocycles. The Morgan fingerprint density at radius 1 is 1.64 bits per heavy atom. The van der Waals surface area contributed by atoms with Crippen LogP contribution in [-0.2, 0) is 4.74 Å². The molecule has 4 atom stereocenters. The largest absolute Gasteiger partial charge is 0.394 e. The molecule has 0 saturated carbocycles. The van der Waals surface area contributed by atoms with Crippen LogP contribution in [0.5, 0.6) is 0 Å². The van der Waals surface area contributed by atoms with Gasteiger partial charge in [0.25, 0.3) is 0 Å². The minimum Gasteiger partial charge on any atom is -0.394 e. The van der Waals surface area contributed by atoms with Crippen LogP contribution in [0.4, 0.5) is 0 Å². The van der Waals surface area contributed by atoms with Crippen molar-refractivity contribution in [1.29, 1.82) is 0 Å². The van der Waals surface area contributed by atoms with Gasteiger partial charge in [-0.1, -0.05) is 6.92 Å². The van der Waals surface area contributed by atoms with Crippen molar-refractivity contribution in [3.8, 4) is 0 Å². The molecule has 1 aliphatic rings. The first kappa shape index (κ1) is 8.93. The molecule has 0 bridgehead atoms. The van der Waals surface area contributed by atoms with Gasteiger partial charge < -0.3 is 20.1 Å². The second-order valence-corrected chi connectivity index (χ2v) is 3.02. The molecule has 4 unspecified atom stereocenters. The predicted molar refractivity (Wildman–Crippen MR) is 38.0 cm³/mol. The Balaban J connectivity index is 2.47. The summed E-state index contributed by atoms with van der Waals surface area (Å²) in [7, 11) is 0. The third-order valence-electron chi connectivity index (χ3n) is 2.04. The van der Waals surface area contributed by atoms with Gasteiger partial charge in [-0.25, -0.2) is 0 Å². The Hall–Kier alpha value is -0.160. The molecule has 0 radical (unpaired) electrons. The minimum atomic E-state index is -0.963. The summed E-state index contributed by atoms with van der Waals surface area (Å²) in [6.45, 7) is 1.92. The van der Waals surface area contributed by atoms with Crippen molar-refractivity contribution in [1.82, 2.24) is 0 Å². The molecule has 1 fully saturated rings. The van der Waals surface area contributed by atoms with E-state index in [4.69, 9.17) is 14.9 Å². The first-order valence-corrected chi connectivity index (χ1v) is 3.75. The molecule has 0 spiro atoms. The highest BCUT2D eigenvalue weighted by Crippen LogP contribution is 2.21. The Morgan fingerprint density at radius 2 is 2.27 bits per heavy atom. The van der Waals surface area contributed by atoms with Crippen LogP contribution in [0.2, 0.25) is 0 Å². The summed E-state index contributed by atoms with van der Waals surface area (Å²) >= 11 is 0. The predicted octanol–water partition coefficient (Wildman–Crippen LogP) is -1.26. The highest BCUT2D eigenvalue weighted by atomic mass is 16.5. The van der Waals surface area contributed by atoms with Crippen molar-refractivity contribution in [2.75, 3.05) is 13.2 Å². The van der Waals surface area contributed by atoms with Crippen molar-refractivity contribution in [3.05, 3.63) is 0 Å².